The van der Waals surface area contributed by atoms with Crippen molar-refractivity contribution in [2.45, 2.75) is 25.7 Å². The first-order chi connectivity index (χ1) is 13.6. The predicted octanol–water partition coefficient (Wildman–Crippen LogP) is 1.98. The third-order valence-electron chi connectivity index (χ3n) is 5.63. The molecule has 1 atom stereocenters. The van der Waals surface area contributed by atoms with Gasteiger partial charge in [0.25, 0.3) is 0 Å². The second-order valence-electron chi connectivity index (χ2n) is 7.33. The molecule has 7 nitrogen and oxygen atoms in total. The molecule has 1 amide bonds. The molecule has 7 heteroatoms. The predicted molar refractivity (Wildman–Crippen MR) is 105 cm³/mol. The standard InChI is InChI=1S/C21H24N4O3/c1-14-20-17(23-21(22-14)25-9-7-24(13-26)8-10-25)11-15(12-18(20)27)16-5-3-4-6-19(16)28-2/h3-6,13,15H,7-12H2,1-2H3. The smallest absolute Gasteiger partial charge is 0.225 e. The zero-order valence-electron chi connectivity index (χ0n) is 16.2. The van der Waals surface area contributed by atoms with Gasteiger partial charge in [-0.2, -0.15) is 0 Å². The molecular weight excluding hydrogens is 356 g/mol. The first-order valence-corrected chi connectivity index (χ1v) is 9.58. The number of methoxy groups -OCH3 is 1. The lowest BCUT2D eigenvalue weighted by atomic mass is 9.81. The highest BCUT2D eigenvalue weighted by atomic mass is 16.5. The molecule has 1 aliphatic carbocycles. The van der Waals surface area contributed by atoms with Crippen molar-refractivity contribution < 1.29 is 14.3 Å². The SMILES string of the molecule is COc1ccccc1C1CC(=O)c2c(C)nc(N3CCN(C=O)CC3)nc2C1. The molecular formula is C21H24N4O3. The Morgan fingerprint density at radius 2 is 1.86 bits per heavy atom. The monoisotopic (exact) mass is 380 g/mol. The lowest BCUT2D eigenvalue weighted by Gasteiger charge is -2.33. The van der Waals surface area contributed by atoms with Crippen molar-refractivity contribution in [1.29, 1.82) is 0 Å². The molecule has 28 heavy (non-hydrogen) atoms. The number of aryl methyl sites for hydroxylation is 1. The molecule has 146 valence electrons. The van der Waals surface area contributed by atoms with Gasteiger partial charge < -0.3 is 14.5 Å². The first kappa shape index (κ1) is 18.4. The van der Waals surface area contributed by atoms with Crippen LogP contribution in [0.3, 0.4) is 0 Å². The average Bonchev–Trinajstić information content (AvgIpc) is 2.73. The molecule has 1 unspecified atom stereocenters. The van der Waals surface area contributed by atoms with Gasteiger partial charge in [-0.05, 0) is 25.0 Å². The van der Waals surface area contributed by atoms with E-state index in [2.05, 4.69) is 9.88 Å². The highest BCUT2D eigenvalue weighted by Gasteiger charge is 2.32. The Balaban J connectivity index is 1.65. The summed E-state index contributed by atoms with van der Waals surface area (Å²) in [4.78, 5) is 37.0. The van der Waals surface area contributed by atoms with E-state index in [0.29, 0.717) is 50.5 Å². The van der Waals surface area contributed by atoms with Crippen LogP contribution in [0.25, 0.3) is 0 Å². The number of carbonyl (C=O) groups excluding carboxylic acids is 2. The van der Waals surface area contributed by atoms with E-state index in [1.807, 2.05) is 31.2 Å². The summed E-state index contributed by atoms with van der Waals surface area (Å²) < 4.78 is 5.50. The molecule has 1 aromatic carbocycles. The maximum atomic E-state index is 12.9. The number of carbonyl (C=O) groups is 2. The molecule has 1 saturated heterocycles. The topological polar surface area (TPSA) is 75.6 Å². The number of anilines is 1. The van der Waals surface area contributed by atoms with Gasteiger partial charge in [0.15, 0.2) is 5.78 Å². The Kier molecular flexibility index (Phi) is 4.98. The number of para-hydroxylation sites is 1. The van der Waals surface area contributed by atoms with Crippen LogP contribution < -0.4 is 9.64 Å². The Hall–Kier alpha value is -2.96. The average molecular weight is 380 g/mol. The molecule has 2 heterocycles. The lowest BCUT2D eigenvalue weighted by Crippen LogP contribution is -2.46. The second kappa shape index (κ2) is 7.58. The van der Waals surface area contributed by atoms with Crippen LogP contribution in [0.4, 0.5) is 5.95 Å². The summed E-state index contributed by atoms with van der Waals surface area (Å²) in [5.41, 5.74) is 3.26. The second-order valence-corrected chi connectivity index (χ2v) is 7.33. The van der Waals surface area contributed by atoms with Crippen LogP contribution in [0.2, 0.25) is 0 Å². The van der Waals surface area contributed by atoms with Gasteiger partial charge in [-0.1, -0.05) is 18.2 Å². The third kappa shape index (κ3) is 3.32. The van der Waals surface area contributed by atoms with Crippen LogP contribution in [-0.2, 0) is 11.2 Å². The van der Waals surface area contributed by atoms with E-state index >= 15 is 0 Å². The minimum absolute atomic E-state index is 0.0465. The largest absolute Gasteiger partial charge is 0.496 e. The highest BCUT2D eigenvalue weighted by molar-refractivity contribution is 5.99. The molecule has 1 aliphatic heterocycles. The minimum Gasteiger partial charge on any atom is -0.496 e. The summed E-state index contributed by atoms with van der Waals surface area (Å²) in [5, 5.41) is 0. The highest BCUT2D eigenvalue weighted by Crippen LogP contribution is 2.37. The number of Topliss-reactive ketones (excluding diaryl/α,β-unsaturated/α-hetero) is 1. The number of ketones is 1. The molecule has 0 radical (unpaired) electrons. The Labute approximate surface area is 164 Å². The molecule has 4 rings (SSSR count). The number of rotatable bonds is 4. The Morgan fingerprint density at radius 1 is 1.11 bits per heavy atom. The van der Waals surface area contributed by atoms with E-state index in [0.717, 1.165) is 29.1 Å². The molecule has 1 fully saturated rings. The number of hydrogen-bond donors (Lipinski definition) is 0. The van der Waals surface area contributed by atoms with Crippen LogP contribution in [0, 0.1) is 6.92 Å². The Morgan fingerprint density at radius 3 is 2.57 bits per heavy atom. The quantitative estimate of drug-likeness (QED) is 0.755. The van der Waals surface area contributed by atoms with Crippen LogP contribution in [-0.4, -0.2) is 60.4 Å². The van der Waals surface area contributed by atoms with Gasteiger partial charge in [-0.3, -0.25) is 9.59 Å². The maximum Gasteiger partial charge on any atom is 0.225 e. The number of fused-ring (bicyclic) bond motifs is 1. The summed E-state index contributed by atoms with van der Waals surface area (Å²) in [7, 11) is 1.65. The van der Waals surface area contributed by atoms with Gasteiger partial charge in [-0.25, -0.2) is 9.97 Å². The summed E-state index contributed by atoms with van der Waals surface area (Å²) >= 11 is 0. The molecule has 1 aromatic heterocycles. The van der Waals surface area contributed by atoms with Gasteiger partial charge in [0.05, 0.1) is 24.1 Å². The summed E-state index contributed by atoms with van der Waals surface area (Å²) in [6.07, 6.45) is 2.01. The number of nitrogens with zero attached hydrogens (tertiary/aromatic N) is 4. The molecule has 2 aliphatic rings. The van der Waals surface area contributed by atoms with Gasteiger partial charge in [0, 0.05) is 38.5 Å². The summed E-state index contributed by atoms with van der Waals surface area (Å²) in [6.45, 7) is 4.59. The third-order valence-corrected chi connectivity index (χ3v) is 5.63. The maximum absolute atomic E-state index is 12.9. The summed E-state index contributed by atoms with van der Waals surface area (Å²) in [5.74, 6) is 1.59. The van der Waals surface area contributed by atoms with Crippen molar-refractivity contribution in [2.24, 2.45) is 0 Å². The number of piperazine rings is 1. The number of hydrogen-bond acceptors (Lipinski definition) is 6. The van der Waals surface area contributed by atoms with Gasteiger partial charge in [0.2, 0.25) is 12.4 Å². The van der Waals surface area contributed by atoms with Crippen molar-refractivity contribution in [3.63, 3.8) is 0 Å². The van der Waals surface area contributed by atoms with E-state index in [9.17, 15) is 9.59 Å². The fraction of sp³-hybridized carbons (Fsp3) is 0.429. The van der Waals surface area contributed by atoms with Crippen molar-refractivity contribution in [2.75, 3.05) is 38.2 Å². The Bertz CT molecular complexity index is 907. The first-order valence-electron chi connectivity index (χ1n) is 9.58. The normalized spacial score (nSPS) is 19.4. The summed E-state index contributed by atoms with van der Waals surface area (Å²) in [6, 6.07) is 7.86. The van der Waals surface area contributed by atoms with Crippen LogP contribution >= 0.6 is 0 Å². The molecule has 0 saturated carbocycles. The van der Waals surface area contributed by atoms with Crippen LogP contribution in [0.15, 0.2) is 24.3 Å². The fourth-order valence-electron chi connectivity index (χ4n) is 4.15. The van der Waals surface area contributed by atoms with Crippen molar-refractivity contribution in [1.82, 2.24) is 14.9 Å². The van der Waals surface area contributed by atoms with E-state index in [1.54, 1.807) is 12.0 Å². The van der Waals surface area contributed by atoms with E-state index in [-0.39, 0.29) is 11.7 Å². The van der Waals surface area contributed by atoms with Crippen LogP contribution in [0.5, 0.6) is 5.75 Å². The number of aromatic nitrogens is 2. The van der Waals surface area contributed by atoms with Crippen molar-refractivity contribution in [3.05, 3.63) is 46.8 Å². The van der Waals surface area contributed by atoms with E-state index in [1.165, 1.54) is 0 Å². The van der Waals surface area contributed by atoms with Crippen LogP contribution in [0.1, 0.15) is 39.6 Å². The van der Waals surface area contributed by atoms with Gasteiger partial charge >= 0.3 is 0 Å². The molecule has 2 aromatic rings. The minimum atomic E-state index is 0.0465. The van der Waals surface area contributed by atoms with E-state index < -0.39 is 0 Å². The molecule has 0 N–H and O–H groups in total. The van der Waals surface area contributed by atoms with Crippen molar-refractivity contribution >= 4 is 18.1 Å². The molecule has 0 spiro atoms. The zero-order chi connectivity index (χ0) is 19.7. The van der Waals surface area contributed by atoms with Gasteiger partial charge in [-0.15, -0.1) is 0 Å². The van der Waals surface area contributed by atoms with E-state index in [4.69, 9.17) is 9.72 Å². The fourth-order valence-corrected chi connectivity index (χ4v) is 4.15. The molecule has 0 bridgehead atoms. The number of benzene rings is 1. The van der Waals surface area contributed by atoms with Gasteiger partial charge in [0.1, 0.15) is 5.75 Å². The zero-order valence-corrected chi connectivity index (χ0v) is 16.2. The number of amides is 1. The van der Waals surface area contributed by atoms with Crippen molar-refractivity contribution in [3.8, 4) is 5.75 Å². The lowest BCUT2D eigenvalue weighted by molar-refractivity contribution is -0.118. The number of ether oxygens (including phenoxy) is 1.